The number of amides is 1. The fourth-order valence-electron chi connectivity index (χ4n) is 1.72. The van der Waals surface area contributed by atoms with Crippen LogP contribution in [-0.4, -0.2) is 24.1 Å². The molecular weight excluding hydrogens is 308 g/mol. The zero-order valence-electron chi connectivity index (χ0n) is 11.8. The van der Waals surface area contributed by atoms with Gasteiger partial charge in [0.2, 0.25) is 5.91 Å². The van der Waals surface area contributed by atoms with Crippen molar-refractivity contribution in [1.82, 2.24) is 10.3 Å². The van der Waals surface area contributed by atoms with Gasteiger partial charge in [0.25, 0.3) is 0 Å². The fourth-order valence-corrected chi connectivity index (χ4v) is 2.68. The van der Waals surface area contributed by atoms with Crippen molar-refractivity contribution < 1.29 is 9.53 Å². The van der Waals surface area contributed by atoms with E-state index in [0.717, 1.165) is 22.1 Å². The molecule has 2 aromatic rings. The van der Waals surface area contributed by atoms with Gasteiger partial charge in [0.1, 0.15) is 6.61 Å². The van der Waals surface area contributed by atoms with Crippen LogP contribution in [0.3, 0.4) is 0 Å². The number of carbonyl (C=O) groups excluding carboxylic acids is 1. The van der Waals surface area contributed by atoms with Crippen molar-refractivity contribution in [2.75, 3.05) is 13.2 Å². The molecule has 1 N–H and O–H groups in total. The van der Waals surface area contributed by atoms with Crippen LogP contribution in [-0.2, 0) is 22.5 Å². The van der Waals surface area contributed by atoms with Gasteiger partial charge in [-0.25, -0.2) is 4.98 Å². The van der Waals surface area contributed by atoms with Gasteiger partial charge in [0.15, 0.2) is 0 Å². The van der Waals surface area contributed by atoms with Gasteiger partial charge < -0.3 is 10.1 Å². The topological polar surface area (TPSA) is 51.2 Å². The number of aromatic nitrogens is 1. The Balaban J connectivity index is 1.83. The number of hydrogen-bond acceptors (Lipinski definition) is 4. The largest absolute Gasteiger partial charge is 0.372 e. The SMILES string of the molecule is CCOCC(=O)NCc1csc(Cc2ccc(Cl)cc2)n1. The van der Waals surface area contributed by atoms with E-state index >= 15 is 0 Å². The quantitative estimate of drug-likeness (QED) is 0.851. The summed E-state index contributed by atoms with van der Waals surface area (Å²) < 4.78 is 5.04. The molecule has 2 rings (SSSR count). The summed E-state index contributed by atoms with van der Waals surface area (Å²) in [5.41, 5.74) is 2.04. The van der Waals surface area contributed by atoms with Gasteiger partial charge in [-0.2, -0.15) is 0 Å². The minimum atomic E-state index is -0.121. The monoisotopic (exact) mass is 324 g/mol. The third-order valence-electron chi connectivity index (χ3n) is 2.77. The van der Waals surface area contributed by atoms with Crippen molar-refractivity contribution in [2.24, 2.45) is 0 Å². The molecule has 1 amide bonds. The zero-order valence-corrected chi connectivity index (χ0v) is 13.3. The molecule has 0 saturated carbocycles. The molecule has 112 valence electrons. The van der Waals surface area contributed by atoms with Crippen molar-refractivity contribution in [3.05, 3.63) is 50.9 Å². The average Bonchev–Trinajstić information content (AvgIpc) is 2.93. The Kier molecular flexibility index (Phi) is 6.17. The highest BCUT2D eigenvalue weighted by molar-refractivity contribution is 7.09. The van der Waals surface area contributed by atoms with E-state index in [2.05, 4.69) is 10.3 Å². The maximum Gasteiger partial charge on any atom is 0.246 e. The van der Waals surface area contributed by atoms with Gasteiger partial charge in [0.05, 0.1) is 17.2 Å². The number of nitrogens with one attached hydrogen (secondary N) is 1. The van der Waals surface area contributed by atoms with Gasteiger partial charge in [-0.15, -0.1) is 11.3 Å². The van der Waals surface area contributed by atoms with E-state index < -0.39 is 0 Å². The van der Waals surface area contributed by atoms with Crippen molar-refractivity contribution in [1.29, 1.82) is 0 Å². The van der Waals surface area contributed by atoms with Crippen LogP contribution in [0.2, 0.25) is 5.02 Å². The van der Waals surface area contributed by atoms with Crippen LogP contribution in [0.4, 0.5) is 0 Å². The smallest absolute Gasteiger partial charge is 0.246 e. The van der Waals surface area contributed by atoms with Crippen LogP contribution in [0.5, 0.6) is 0 Å². The summed E-state index contributed by atoms with van der Waals surface area (Å²) in [6.45, 7) is 2.92. The van der Waals surface area contributed by atoms with Crippen LogP contribution in [0.1, 0.15) is 23.2 Å². The lowest BCUT2D eigenvalue weighted by Gasteiger charge is -2.02. The number of benzene rings is 1. The normalized spacial score (nSPS) is 10.6. The first-order valence-corrected chi connectivity index (χ1v) is 7.95. The first-order valence-electron chi connectivity index (χ1n) is 6.69. The molecule has 0 bridgehead atoms. The maximum absolute atomic E-state index is 11.4. The van der Waals surface area contributed by atoms with Gasteiger partial charge in [-0.05, 0) is 24.6 Å². The molecule has 0 saturated heterocycles. The van der Waals surface area contributed by atoms with Crippen LogP contribution in [0.15, 0.2) is 29.6 Å². The van der Waals surface area contributed by atoms with E-state index in [1.54, 1.807) is 11.3 Å². The van der Waals surface area contributed by atoms with Crippen LogP contribution in [0.25, 0.3) is 0 Å². The Bertz CT molecular complexity index is 584. The number of carbonyl (C=O) groups is 1. The number of ether oxygens (including phenoxy) is 1. The fraction of sp³-hybridized carbons (Fsp3) is 0.333. The highest BCUT2D eigenvalue weighted by Crippen LogP contribution is 2.16. The number of thiazole rings is 1. The van der Waals surface area contributed by atoms with Crippen molar-refractivity contribution in [3.63, 3.8) is 0 Å². The summed E-state index contributed by atoms with van der Waals surface area (Å²) in [6, 6.07) is 7.74. The highest BCUT2D eigenvalue weighted by atomic mass is 35.5. The van der Waals surface area contributed by atoms with Gasteiger partial charge >= 0.3 is 0 Å². The van der Waals surface area contributed by atoms with E-state index in [1.807, 2.05) is 36.6 Å². The molecule has 0 fully saturated rings. The lowest BCUT2D eigenvalue weighted by atomic mass is 10.2. The van der Waals surface area contributed by atoms with Crippen molar-refractivity contribution in [3.8, 4) is 0 Å². The van der Waals surface area contributed by atoms with E-state index in [0.29, 0.717) is 13.2 Å². The average molecular weight is 325 g/mol. The summed E-state index contributed by atoms with van der Waals surface area (Å²) in [5, 5.41) is 6.50. The second-order valence-electron chi connectivity index (χ2n) is 4.45. The predicted molar refractivity (Wildman–Crippen MR) is 84.7 cm³/mol. The Morgan fingerprint density at radius 3 is 2.86 bits per heavy atom. The van der Waals surface area contributed by atoms with E-state index in [9.17, 15) is 4.79 Å². The van der Waals surface area contributed by atoms with Crippen LogP contribution in [0, 0.1) is 0 Å². The van der Waals surface area contributed by atoms with Crippen LogP contribution < -0.4 is 5.32 Å². The molecule has 0 spiro atoms. The van der Waals surface area contributed by atoms with Gasteiger partial charge in [0, 0.05) is 23.4 Å². The first-order chi connectivity index (χ1) is 10.2. The summed E-state index contributed by atoms with van der Waals surface area (Å²) in [6.07, 6.45) is 0.773. The number of halogens is 1. The van der Waals surface area contributed by atoms with Crippen molar-refractivity contribution >= 4 is 28.8 Å². The minimum Gasteiger partial charge on any atom is -0.372 e. The molecule has 0 radical (unpaired) electrons. The molecule has 1 aromatic carbocycles. The van der Waals surface area contributed by atoms with Gasteiger partial charge in [-0.3, -0.25) is 4.79 Å². The molecular formula is C15H17ClN2O2S. The number of nitrogens with zero attached hydrogens (tertiary/aromatic N) is 1. The van der Waals surface area contributed by atoms with E-state index in [4.69, 9.17) is 16.3 Å². The Morgan fingerprint density at radius 1 is 1.38 bits per heavy atom. The Hall–Kier alpha value is -1.43. The third-order valence-corrected chi connectivity index (χ3v) is 3.92. The molecule has 0 aliphatic rings. The van der Waals surface area contributed by atoms with E-state index in [1.165, 1.54) is 5.56 Å². The molecule has 1 heterocycles. The lowest BCUT2D eigenvalue weighted by Crippen LogP contribution is -2.27. The summed E-state index contributed by atoms with van der Waals surface area (Å²) >= 11 is 7.45. The minimum absolute atomic E-state index is 0.0955. The van der Waals surface area contributed by atoms with E-state index in [-0.39, 0.29) is 12.5 Å². The second-order valence-corrected chi connectivity index (χ2v) is 5.83. The zero-order chi connectivity index (χ0) is 15.1. The lowest BCUT2D eigenvalue weighted by molar-refractivity contribution is -0.125. The van der Waals surface area contributed by atoms with Crippen molar-refractivity contribution in [2.45, 2.75) is 19.9 Å². The molecule has 0 unspecified atom stereocenters. The second kappa shape index (κ2) is 8.12. The summed E-state index contributed by atoms with van der Waals surface area (Å²) in [4.78, 5) is 15.9. The predicted octanol–water partition coefficient (Wildman–Crippen LogP) is 3.04. The number of rotatable bonds is 7. The number of hydrogen-bond donors (Lipinski definition) is 1. The summed E-state index contributed by atoms with van der Waals surface area (Å²) in [7, 11) is 0. The molecule has 0 atom stereocenters. The standard InChI is InChI=1S/C15H17ClN2O2S/c1-2-20-9-14(19)17-8-13-10-21-15(18-13)7-11-3-5-12(16)6-4-11/h3-6,10H,2,7-9H2,1H3,(H,17,19). The molecule has 1 aromatic heterocycles. The molecule has 0 aliphatic heterocycles. The molecule has 4 nitrogen and oxygen atoms in total. The first kappa shape index (κ1) is 15.9. The maximum atomic E-state index is 11.4. The Morgan fingerprint density at radius 2 is 2.14 bits per heavy atom. The third kappa shape index (κ3) is 5.46. The molecule has 0 aliphatic carbocycles. The van der Waals surface area contributed by atoms with Gasteiger partial charge in [-0.1, -0.05) is 23.7 Å². The molecule has 6 heteroatoms. The van der Waals surface area contributed by atoms with Crippen LogP contribution >= 0.6 is 22.9 Å². The highest BCUT2D eigenvalue weighted by Gasteiger charge is 2.06. The summed E-state index contributed by atoms with van der Waals surface area (Å²) in [5.74, 6) is -0.121. The Labute approximate surface area is 133 Å². The molecule has 21 heavy (non-hydrogen) atoms.